The standard InChI is InChI=1S/C19H19NO3S2/c1-4-16(24-17-8-6-5-7-9-17)14-19(21)20(3)25(22,23)18-12-10-15(2)11-13-18/h4-14H,1H2,2-3H3/b16-14+. The molecular weight excluding hydrogens is 354 g/mol. The molecule has 0 saturated carbocycles. The molecule has 0 heterocycles. The zero-order valence-electron chi connectivity index (χ0n) is 14.0. The number of hydrogen-bond donors (Lipinski definition) is 0. The summed E-state index contributed by atoms with van der Waals surface area (Å²) < 4.78 is 25.9. The van der Waals surface area contributed by atoms with Crippen molar-refractivity contribution < 1.29 is 13.2 Å². The van der Waals surface area contributed by atoms with Gasteiger partial charge >= 0.3 is 0 Å². The lowest BCUT2D eigenvalue weighted by atomic mass is 10.2. The topological polar surface area (TPSA) is 54.5 Å². The third-order valence-electron chi connectivity index (χ3n) is 3.44. The van der Waals surface area contributed by atoms with Crippen LogP contribution in [-0.4, -0.2) is 25.7 Å². The Bertz CT molecular complexity index is 886. The molecule has 0 radical (unpaired) electrons. The number of thioether (sulfide) groups is 1. The Morgan fingerprint density at radius 2 is 1.68 bits per heavy atom. The normalized spacial score (nSPS) is 11.8. The van der Waals surface area contributed by atoms with Crippen LogP contribution in [0.25, 0.3) is 0 Å². The fraction of sp³-hybridized carbons (Fsp3) is 0.105. The van der Waals surface area contributed by atoms with Crippen LogP contribution in [0.1, 0.15) is 5.56 Å². The molecule has 130 valence electrons. The minimum atomic E-state index is -3.89. The number of rotatable bonds is 6. The van der Waals surface area contributed by atoms with Crippen molar-refractivity contribution in [3.8, 4) is 0 Å². The maximum absolute atomic E-state index is 12.6. The summed E-state index contributed by atoms with van der Waals surface area (Å²) in [5.74, 6) is -0.626. The number of likely N-dealkylation sites (N-methyl/N-ethyl adjacent to an activating group) is 1. The van der Waals surface area contributed by atoms with Gasteiger partial charge in [0.25, 0.3) is 15.9 Å². The zero-order valence-corrected chi connectivity index (χ0v) is 15.7. The van der Waals surface area contributed by atoms with E-state index in [0.29, 0.717) is 4.91 Å². The van der Waals surface area contributed by atoms with Gasteiger partial charge in [0.05, 0.1) is 4.90 Å². The lowest BCUT2D eigenvalue weighted by Gasteiger charge is -2.16. The van der Waals surface area contributed by atoms with Gasteiger partial charge in [-0.15, -0.1) is 0 Å². The van der Waals surface area contributed by atoms with Crippen LogP contribution in [0.4, 0.5) is 0 Å². The average molecular weight is 373 g/mol. The zero-order chi connectivity index (χ0) is 18.4. The maximum atomic E-state index is 12.6. The minimum Gasteiger partial charge on any atom is -0.269 e. The highest BCUT2D eigenvalue weighted by atomic mass is 32.2. The van der Waals surface area contributed by atoms with Crippen molar-refractivity contribution in [2.75, 3.05) is 7.05 Å². The van der Waals surface area contributed by atoms with E-state index >= 15 is 0 Å². The Kier molecular flexibility index (Phi) is 6.22. The second kappa shape index (κ2) is 8.18. The molecule has 0 fully saturated rings. The molecule has 0 bridgehead atoms. The highest BCUT2D eigenvalue weighted by Gasteiger charge is 2.24. The molecule has 0 aliphatic rings. The number of benzene rings is 2. The first-order valence-electron chi connectivity index (χ1n) is 7.51. The lowest BCUT2D eigenvalue weighted by Crippen LogP contribution is -2.32. The number of aryl methyl sites for hydroxylation is 1. The lowest BCUT2D eigenvalue weighted by molar-refractivity contribution is -0.120. The number of nitrogens with zero attached hydrogens (tertiary/aromatic N) is 1. The second-order valence-electron chi connectivity index (χ2n) is 5.29. The van der Waals surface area contributed by atoms with Crippen LogP contribution < -0.4 is 0 Å². The van der Waals surface area contributed by atoms with Crippen LogP contribution in [0, 0.1) is 6.92 Å². The summed E-state index contributed by atoms with van der Waals surface area (Å²) in [7, 11) is -2.63. The van der Waals surface area contributed by atoms with E-state index in [1.165, 1.54) is 43.1 Å². The smallest absolute Gasteiger partial charge is 0.266 e. The Labute approximate surface area is 152 Å². The first kappa shape index (κ1) is 19.0. The largest absolute Gasteiger partial charge is 0.269 e. The van der Waals surface area contributed by atoms with Crippen molar-refractivity contribution in [3.63, 3.8) is 0 Å². The number of carbonyl (C=O) groups excluding carboxylic acids is 1. The molecule has 0 unspecified atom stereocenters. The highest BCUT2D eigenvalue weighted by Crippen LogP contribution is 2.27. The predicted molar refractivity (Wildman–Crippen MR) is 102 cm³/mol. The summed E-state index contributed by atoms with van der Waals surface area (Å²) in [4.78, 5) is 14.0. The molecule has 25 heavy (non-hydrogen) atoms. The van der Waals surface area contributed by atoms with Gasteiger partial charge in [0.2, 0.25) is 0 Å². The fourth-order valence-corrected chi connectivity index (χ4v) is 3.85. The van der Waals surface area contributed by atoms with E-state index in [1.807, 2.05) is 37.3 Å². The number of carbonyl (C=O) groups is 1. The van der Waals surface area contributed by atoms with Crippen molar-refractivity contribution in [2.45, 2.75) is 16.7 Å². The summed E-state index contributed by atoms with van der Waals surface area (Å²) in [5.41, 5.74) is 0.945. The SMILES string of the molecule is C=C/C(=C\C(=O)N(C)S(=O)(=O)c1ccc(C)cc1)Sc1ccccc1. The molecule has 0 atom stereocenters. The van der Waals surface area contributed by atoms with Crippen molar-refractivity contribution in [2.24, 2.45) is 0 Å². The predicted octanol–water partition coefficient (Wildman–Crippen LogP) is 4.00. The molecule has 6 heteroatoms. The van der Waals surface area contributed by atoms with Crippen molar-refractivity contribution in [1.29, 1.82) is 0 Å². The Balaban J connectivity index is 2.22. The summed E-state index contributed by atoms with van der Waals surface area (Å²) in [5, 5.41) is 0. The first-order valence-corrected chi connectivity index (χ1v) is 9.77. The van der Waals surface area contributed by atoms with E-state index in [9.17, 15) is 13.2 Å². The summed E-state index contributed by atoms with van der Waals surface area (Å²) in [6.07, 6.45) is 2.80. The van der Waals surface area contributed by atoms with E-state index in [0.717, 1.165) is 14.8 Å². The molecule has 0 aliphatic carbocycles. The molecule has 0 spiro atoms. The first-order chi connectivity index (χ1) is 11.8. The number of amides is 1. The number of allylic oxidation sites excluding steroid dienone is 1. The van der Waals surface area contributed by atoms with Gasteiger partial charge < -0.3 is 0 Å². The number of sulfonamides is 1. The quantitative estimate of drug-likeness (QED) is 0.436. The average Bonchev–Trinajstić information content (AvgIpc) is 2.61. The summed E-state index contributed by atoms with van der Waals surface area (Å²) in [6, 6.07) is 15.9. The van der Waals surface area contributed by atoms with Crippen LogP contribution in [-0.2, 0) is 14.8 Å². The molecule has 2 aromatic carbocycles. The molecule has 2 rings (SSSR count). The number of hydrogen-bond acceptors (Lipinski definition) is 4. The Hall–Kier alpha value is -2.31. The van der Waals surface area contributed by atoms with Crippen LogP contribution in [0.15, 0.2) is 88.0 Å². The molecular formula is C19H19NO3S2. The van der Waals surface area contributed by atoms with Gasteiger partial charge in [-0.3, -0.25) is 4.79 Å². The van der Waals surface area contributed by atoms with Gasteiger partial charge in [0.1, 0.15) is 0 Å². The fourth-order valence-electron chi connectivity index (χ4n) is 1.95. The Morgan fingerprint density at radius 1 is 1.08 bits per heavy atom. The third kappa shape index (κ3) is 4.84. The maximum Gasteiger partial charge on any atom is 0.266 e. The van der Waals surface area contributed by atoms with Crippen LogP contribution in [0.3, 0.4) is 0 Å². The van der Waals surface area contributed by atoms with Crippen molar-refractivity contribution in [3.05, 3.63) is 83.8 Å². The molecule has 4 nitrogen and oxygen atoms in total. The highest BCUT2D eigenvalue weighted by molar-refractivity contribution is 8.03. The van der Waals surface area contributed by atoms with Gasteiger partial charge in [0, 0.05) is 22.9 Å². The summed E-state index contributed by atoms with van der Waals surface area (Å²) >= 11 is 1.34. The Morgan fingerprint density at radius 3 is 2.24 bits per heavy atom. The van der Waals surface area contributed by atoms with Gasteiger partial charge in [0.15, 0.2) is 0 Å². The minimum absolute atomic E-state index is 0.0817. The van der Waals surface area contributed by atoms with Gasteiger partial charge in [-0.1, -0.05) is 60.3 Å². The monoisotopic (exact) mass is 373 g/mol. The summed E-state index contributed by atoms with van der Waals surface area (Å²) in [6.45, 7) is 5.56. The molecule has 2 aromatic rings. The van der Waals surface area contributed by atoms with E-state index in [2.05, 4.69) is 6.58 Å². The molecule has 0 N–H and O–H groups in total. The van der Waals surface area contributed by atoms with Crippen LogP contribution >= 0.6 is 11.8 Å². The van der Waals surface area contributed by atoms with E-state index in [-0.39, 0.29) is 4.90 Å². The van der Waals surface area contributed by atoms with Gasteiger partial charge in [-0.2, -0.15) is 0 Å². The molecule has 1 amide bonds. The van der Waals surface area contributed by atoms with E-state index in [1.54, 1.807) is 12.1 Å². The third-order valence-corrected chi connectivity index (χ3v) is 6.23. The van der Waals surface area contributed by atoms with Gasteiger partial charge in [-0.25, -0.2) is 12.7 Å². The molecule has 0 aromatic heterocycles. The second-order valence-corrected chi connectivity index (χ2v) is 8.41. The van der Waals surface area contributed by atoms with E-state index < -0.39 is 15.9 Å². The molecule has 0 saturated heterocycles. The van der Waals surface area contributed by atoms with Crippen LogP contribution in [0.2, 0.25) is 0 Å². The van der Waals surface area contributed by atoms with E-state index in [4.69, 9.17) is 0 Å². The van der Waals surface area contributed by atoms with Crippen LogP contribution in [0.5, 0.6) is 0 Å². The van der Waals surface area contributed by atoms with Crippen molar-refractivity contribution >= 4 is 27.7 Å². The van der Waals surface area contributed by atoms with Gasteiger partial charge in [-0.05, 0) is 31.2 Å². The van der Waals surface area contributed by atoms with Crippen molar-refractivity contribution in [1.82, 2.24) is 4.31 Å². The molecule has 0 aliphatic heterocycles.